The van der Waals surface area contributed by atoms with E-state index in [1.54, 1.807) is 18.3 Å². The van der Waals surface area contributed by atoms with Crippen LogP contribution in [0.5, 0.6) is 5.75 Å². The van der Waals surface area contributed by atoms with E-state index >= 15 is 0 Å². The summed E-state index contributed by atoms with van der Waals surface area (Å²) in [6.07, 6.45) is -0.485. The van der Waals surface area contributed by atoms with Crippen molar-refractivity contribution in [2.24, 2.45) is 5.92 Å². The molecule has 2 atom stereocenters. The lowest BCUT2D eigenvalue weighted by Gasteiger charge is -2.37. The summed E-state index contributed by atoms with van der Waals surface area (Å²) < 4.78 is 41.2. The Labute approximate surface area is 246 Å². The fourth-order valence-electron chi connectivity index (χ4n) is 5.59. The van der Waals surface area contributed by atoms with Crippen LogP contribution in [-0.4, -0.2) is 94.8 Å². The summed E-state index contributed by atoms with van der Waals surface area (Å²) >= 11 is 1.32. The highest BCUT2D eigenvalue weighted by molar-refractivity contribution is 7.19. The molecule has 1 aromatic carbocycles. The zero-order chi connectivity index (χ0) is 29.7. The molecule has 2 N–H and O–H groups in total. The normalized spacial score (nSPS) is 19.2. The maximum atomic E-state index is 13.4. The molecular weight excluding hydrogens is 571 g/mol. The van der Waals surface area contributed by atoms with Crippen molar-refractivity contribution in [3.63, 3.8) is 0 Å². The average Bonchev–Trinajstić information content (AvgIpc) is 3.60. The number of nitrogens with one attached hydrogen (secondary N) is 2. The monoisotopic (exact) mass is 605 g/mol. The number of nitrogens with zero attached hydrogens (tertiary/aromatic N) is 7. The van der Waals surface area contributed by atoms with E-state index in [0.29, 0.717) is 16.8 Å². The molecule has 1 amide bonds. The first-order valence-electron chi connectivity index (χ1n) is 13.8. The third-order valence-corrected chi connectivity index (χ3v) is 8.29. The molecule has 0 radical (unpaired) electrons. The molecule has 0 bridgehead atoms. The largest absolute Gasteiger partial charge is 0.573 e. The number of rotatable bonds is 10. The van der Waals surface area contributed by atoms with Crippen LogP contribution in [-0.2, 0) is 11.3 Å². The van der Waals surface area contributed by atoms with Gasteiger partial charge in [-0.15, -0.1) is 28.5 Å². The van der Waals surface area contributed by atoms with Crippen LogP contribution in [0.15, 0.2) is 42.6 Å². The predicted molar refractivity (Wildman–Crippen MR) is 153 cm³/mol. The minimum Gasteiger partial charge on any atom is -0.406 e. The van der Waals surface area contributed by atoms with Crippen LogP contribution in [0.1, 0.15) is 24.8 Å². The third kappa shape index (κ3) is 8.04. The average molecular weight is 606 g/mol. The second-order valence-corrected chi connectivity index (χ2v) is 11.8. The molecule has 2 fully saturated rings. The standard InChI is InChI=1S/C27H34F3N9O2S/c1-37(2)23(19-9-13-38(14-10-19)16-18-5-7-21(8-6-18)41-27(28,29)30)24(40)33-26-36-35-25(42-26)32-20-11-15-39(17-20)22-4-3-12-31-34-22/h3-8,12,19-20,23H,9-11,13-17H2,1-2H3,(H,32,35)(H,33,36,40)/t20-,23?/m1/s1. The molecule has 0 aliphatic carbocycles. The molecule has 5 rings (SSSR count). The third-order valence-electron chi connectivity index (χ3n) is 7.52. The van der Waals surface area contributed by atoms with Crippen molar-refractivity contribution in [2.75, 3.05) is 55.8 Å². The second kappa shape index (κ2) is 13.2. The minimum absolute atomic E-state index is 0.115. The highest BCUT2D eigenvalue weighted by Gasteiger charge is 2.34. The van der Waals surface area contributed by atoms with Crippen LogP contribution >= 0.6 is 11.3 Å². The summed E-state index contributed by atoms with van der Waals surface area (Å²) in [5.41, 5.74) is 0.907. The Balaban J connectivity index is 1.09. The zero-order valence-corrected chi connectivity index (χ0v) is 24.2. The summed E-state index contributed by atoms with van der Waals surface area (Å²) in [5, 5.41) is 24.0. The highest BCUT2D eigenvalue weighted by atomic mass is 32.1. The van der Waals surface area contributed by atoms with E-state index in [2.05, 4.69) is 45.6 Å². The fourth-order valence-corrected chi connectivity index (χ4v) is 6.31. The maximum absolute atomic E-state index is 13.4. The van der Waals surface area contributed by atoms with Crippen LogP contribution < -0.4 is 20.3 Å². The Hall–Kier alpha value is -3.56. The van der Waals surface area contributed by atoms with Gasteiger partial charge in [-0.3, -0.25) is 19.9 Å². The number of hydrogen-bond acceptors (Lipinski definition) is 11. The number of alkyl halides is 3. The molecule has 0 saturated carbocycles. The molecule has 0 spiro atoms. The van der Waals surface area contributed by atoms with Gasteiger partial charge >= 0.3 is 6.36 Å². The van der Waals surface area contributed by atoms with Gasteiger partial charge in [0.1, 0.15) is 5.75 Å². The molecule has 11 nitrogen and oxygen atoms in total. The number of likely N-dealkylation sites (tertiary alicyclic amines) is 1. The SMILES string of the molecule is CN(C)C(C(=O)Nc1nnc(N[C@@H]2CCN(c3cccnn3)C2)s1)C1CCN(Cc2ccc(OC(F)(F)F)cc2)CC1. The van der Waals surface area contributed by atoms with Gasteiger partial charge in [0.25, 0.3) is 0 Å². The van der Waals surface area contributed by atoms with Crippen molar-refractivity contribution >= 4 is 33.3 Å². The first kappa shape index (κ1) is 29.9. The van der Waals surface area contributed by atoms with Gasteiger partial charge < -0.3 is 15.0 Å². The molecule has 226 valence electrons. The second-order valence-electron chi connectivity index (χ2n) is 10.8. The van der Waals surface area contributed by atoms with E-state index in [0.717, 1.165) is 56.8 Å². The summed E-state index contributed by atoms with van der Waals surface area (Å²) in [6, 6.07) is 9.63. The van der Waals surface area contributed by atoms with E-state index in [-0.39, 0.29) is 29.7 Å². The number of likely N-dealkylation sites (N-methyl/N-ethyl adjacent to an activating group) is 1. The van der Waals surface area contributed by atoms with Crippen LogP contribution in [0.3, 0.4) is 0 Å². The van der Waals surface area contributed by atoms with Crippen molar-refractivity contribution in [1.82, 2.24) is 30.2 Å². The van der Waals surface area contributed by atoms with Crippen LogP contribution in [0.25, 0.3) is 0 Å². The number of halogens is 3. The van der Waals surface area contributed by atoms with Gasteiger partial charge in [-0.2, -0.15) is 5.10 Å². The number of benzene rings is 1. The van der Waals surface area contributed by atoms with Crippen molar-refractivity contribution in [1.29, 1.82) is 0 Å². The van der Waals surface area contributed by atoms with E-state index in [4.69, 9.17) is 0 Å². The van der Waals surface area contributed by atoms with Crippen LogP contribution in [0.2, 0.25) is 0 Å². The van der Waals surface area contributed by atoms with Gasteiger partial charge in [-0.1, -0.05) is 23.5 Å². The lowest BCUT2D eigenvalue weighted by Crippen LogP contribution is -2.48. The van der Waals surface area contributed by atoms with Gasteiger partial charge in [0, 0.05) is 31.9 Å². The molecular formula is C27H34F3N9O2S. The first-order valence-corrected chi connectivity index (χ1v) is 14.6. The van der Waals surface area contributed by atoms with Gasteiger partial charge in [0.2, 0.25) is 16.2 Å². The van der Waals surface area contributed by atoms with E-state index in [9.17, 15) is 18.0 Å². The lowest BCUT2D eigenvalue weighted by molar-refractivity contribution is -0.274. The van der Waals surface area contributed by atoms with Crippen molar-refractivity contribution in [3.8, 4) is 5.75 Å². The van der Waals surface area contributed by atoms with Gasteiger partial charge in [0.05, 0.1) is 6.04 Å². The molecule has 2 aliphatic heterocycles. The van der Waals surface area contributed by atoms with Gasteiger partial charge in [-0.05, 0) is 82.2 Å². The van der Waals surface area contributed by atoms with E-state index in [1.165, 1.54) is 23.5 Å². The first-order chi connectivity index (χ1) is 20.1. The number of anilines is 3. The number of piperidine rings is 1. The minimum atomic E-state index is -4.70. The maximum Gasteiger partial charge on any atom is 0.573 e. The smallest absolute Gasteiger partial charge is 0.406 e. The number of aromatic nitrogens is 4. The van der Waals surface area contributed by atoms with Crippen LogP contribution in [0, 0.1) is 5.92 Å². The van der Waals surface area contributed by atoms with E-state index in [1.807, 2.05) is 31.1 Å². The number of ether oxygens (including phenoxy) is 1. The quantitative estimate of drug-likeness (QED) is 0.355. The predicted octanol–water partition coefficient (Wildman–Crippen LogP) is 3.70. The summed E-state index contributed by atoms with van der Waals surface area (Å²) in [7, 11) is 3.80. The molecule has 3 aromatic rings. The molecule has 42 heavy (non-hydrogen) atoms. The number of hydrogen-bond donors (Lipinski definition) is 2. The number of carbonyl (C=O) groups is 1. The zero-order valence-electron chi connectivity index (χ0n) is 23.4. The summed E-state index contributed by atoms with van der Waals surface area (Å²) in [6.45, 7) is 3.83. The molecule has 2 saturated heterocycles. The van der Waals surface area contributed by atoms with Crippen molar-refractivity contribution in [3.05, 3.63) is 48.2 Å². The molecule has 15 heteroatoms. The Kier molecular flexibility index (Phi) is 9.38. The number of amides is 1. The van der Waals surface area contributed by atoms with Gasteiger partial charge in [0.15, 0.2) is 5.82 Å². The summed E-state index contributed by atoms with van der Waals surface area (Å²) in [4.78, 5) is 19.7. The summed E-state index contributed by atoms with van der Waals surface area (Å²) in [5.74, 6) is 0.652. The Morgan fingerprint density at radius 3 is 2.48 bits per heavy atom. The van der Waals surface area contributed by atoms with Crippen molar-refractivity contribution in [2.45, 2.75) is 44.3 Å². The van der Waals surface area contributed by atoms with Crippen molar-refractivity contribution < 1.29 is 22.7 Å². The molecule has 4 heterocycles. The van der Waals surface area contributed by atoms with Crippen LogP contribution in [0.4, 0.5) is 29.3 Å². The Bertz CT molecular complexity index is 1300. The number of carbonyl (C=O) groups excluding carboxylic acids is 1. The van der Waals surface area contributed by atoms with E-state index < -0.39 is 6.36 Å². The molecule has 2 aromatic heterocycles. The topological polar surface area (TPSA) is 112 Å². The Morgan fingerprint density at radius 2 is 1.81 bits per heavy atom. The fraction of sp³-hybridized carbons (Fsp3) is 0.519. The molecule has 2 aliphatic rings. The highest BCUT2D eigenvalue weighted by Crippen LogP contribution is 2.29. The lowest BCUT2D eigenvalue weighted by atomic mass is 9.88. The Morgan fingerprint density at radius 1 is 1.07 bits per heavy atom. The van der Waals surface area contributed by atoms with Gasteiger partial charge in [-0.25, -0.2) is 0 Å². The molecule has 1 unspecified atom stereocenters.